The Morgan fingerprint density at radius 3 is 2.35 bits per heavy atom. The maximum Gasteiger partial charge on any atom is 0.251 e. The first-order chi connectivity index (χ1) is 11.1. The number of hydrogen-bond donors (Lipinski definition) is 2. The van der Waals surface area contributed by atoms with E-state index in [1.807, 2.05) is 12.1 Å². The van der Waals surface area contributed by atoms with Crippen LogP contribution >= 0.6 is 0 Å². The first-order valence-electron chi connectivity index (χ1n) is 8.48. The molecule has 1 heterocycles. The van der Waals surface area contributed by atoms with Crippen molar-refractivity contribution in [1.82, 2.24) is 10.2 Å². The van der Waals surface area contributed by atoms with Gasteiger partial charge in [0, 0.05) is 30.5 Å². The Hall–Kier alpha value is -1.88. The molecule has 1 saturated carbocycles. The second-order valence-corrected chi connectivity index (χ2v) is 6.81. The van der Waals surface area contributed by atoms with Gasteiger partial charge in [-0.25, -0.2) is 0 Å². The van der Waals surface area contributed by atoms with Crippen LogP contribution in [0, 0.1) is 0 Å². The summed E-state index contributed by atoms with van der Waals surface area (Å²) in [7, 11) is 0. The van der Waals surface area contributed by atoms with Gasteiger partial charge in [-0.3, -0.25) is 9.59 Å². The summed E-state index contributed by atoms with van der Waals surface area (Å²) in [5, 5.41) is 2.71. The van der Waals surface area contributed by atoms with Crippen molar-refractivity contribution < 1.29 is 9.59 Å². The number of benzene rings is 1. The van der Waals surface area contributed by atoms with Gasteiger partial charge in [0.25, 0.3) is 5.91 Å². The number of carbonyl (C=O) groups excluding carboxylic acids is 2. The van der Waals surface area contributed by atoms with Crippen molar-refractivity contribution in [3.63, 3.8) is 0 Å². The maximum atomic E-state index is 12.0. The Balaban J connectivity index is 1.58. The maximum absolute atomic E-state index is 12.0. The van der Waals surface area contributed by atoms with Gasteiger partial charge < -0.3 is 16.0 Å². The average Bonchev–Trinajstić information content (AvgIpc) is 3.13. The molecule has 124 valence electrons. The topological polar surface area (TPSA) is 75.4 Å². The number of amides is 2. The number of hydrogen-bond acceptors (Lipinski definition) is 3. The summed E-state index contributed by atoms with van der Waals surface area (Å²) in [6.07, 6.45) is 5.30. The van der Waals surface area contributed by atoms with Gasteiger partial charge in [0.05, 0.1) is 0 Å². The number of likely N-dealkylation sites (tertiary alicyclic amines) is 1. The number of primary amides is 1. The van der Waals surface area contributed by atoms with Crippen LogP contribution in [0.4, 0.5) is 0 Å². The van der Waals surface area contributed by atoms with Gasteiger partial charge >= 0.3 is 0 Å². The molecule has 0 atom stereocenters. The summed E-state index contributed by atoms with van der Waals surface area (Å²) in [6, 6.07) is 7.95. The molecular weight excluding hydrogens is 290 g/mol. The van der Waals surface area contributed by atoms with Crippen LogP contribution in [0.1, 0.15) is 48.0 Å². The second-order valence-electron chi connectivity index (χ2n) is 6.81. The smallest absolute Gasteiger partial charge is 0.251 e. The molecule has 1 aromatic rings. The number of nitrogens with zero attached hydrogens (tertiary/aromatic N) is 1. The SMILES string of the molecule is NC(=O)CCNC(=O)c1ccc(C2(CN3CCCC3)CC2)cc1. The summed E-state index contributed by atoms with van der Waals surface area (Å²) >= 11 is 0. The second kappa shape index (κ2) is 6.71. The fourth-order valence-corrected chi connectivity index (χ4v) is 3.43. The van der Waals surface area contributed by atoms with E-state index in [2.05, 4.69) is 22.3 Å². The van der Waals surface area contributed by atoms with Crippen molar-refractivity contribution >= 4 is 11.8 Å². The molecule has 0 spiro atoms. The van der Waals surface area contributed by atoms with Crippen molar-refractivity contribution in [1.29, 1.82) is 0 Å². The monoisotopic (exact) mass is 315 g/mol. The molecule has 1 aliphatic heterocycles. The zero-order chi connectivity index (χ0) is 16.3. The van der Waals surface area contributed by atoms with Crippen molar-refractivity contribution in [2.24, 2.45) is 5.73 Å². The van der Waals surface area contributed by atoms with Gasteiger partial charge in [-0.05, 0) is 56.5 Å². The normalized spacial score (nSPS) is 19.5. The zero-order valence-electron chi connectivity index (χ0n) is 13.5. The minimum atomic E-state index is -0.404. The van der Waals surface area contributed by atoms with Crippen LogP contribution in [0.2, 0.25) is 0 Å². The lowest BCUT2D eigenvalue weighted by Gasteiger charge is -2.23. The highest BCUT2D eigenvalue weighted by molar-refractivity contribution is 5.94. The number of carbonyl (C=O) groups is 2. The predicted molar refractivity (Wildman–Crippen MR) is 89.2 cm³/mol. The predicted octanol–water partition coefficient (Wildman–Crippen LogP) is 1.42. The van der Waals surface area contributed by atoms with Crippen molar-refractivity contribution in [2.75, 3.05) is 26.2 Å². The Morgan fingerprint density at radius 2 is 1.78 bits per heavy atom. The Bertz CT molecular complexity index is 572. The molecule has 5 heteroatoms. The lowest BCUT2D eigenvalue weighted by molar-refractivity contribution is -0.117. The van der Waals surface area contributed by atoms with Gasteiger partial charge in [0.15, 0.2) is 0 Å². The van der Waals surface area contributed by atoms with E-state index in [9.17, 15) is 9.59 Å². The largest absolute Gasteiger partial charge is 0.370 e. The van der Waals surface area contributed by atoms with Gasteiger partial charge in [-0.2, -0.15) is 0 Å². The molecule has 1 aliphatic carbocycles. The van der Waals surface area contributed by atoms with Crippen molar-refractivity contribution in [2.45, 2.75) is 37.5 Å². The quantitative estimate of drug-likeness (QED) is 0.799. The highest BCUT2D eigenvalue weighted by Crippen LogP contribution is 2.49. The van der Waals surface area contributed by atoms with E-state index in [1.54, 1.807) is 0 Å². The van der Waals surface area contributed by atoms with Crippen LogP contribution in [0.3, 0.4) is 0 Å². The molecule has 0 radical (unpaired) electrons. The number of rotatable bonds is 7. The summed E-state index contributed by atoms with van der Waals surface area (Å²) < 4.78 is 0. The summed E-state index contributed by atoms with van der Waals surface area (Å²) in [5.41, 5.74) is 7.36. The van der Waals surface area contributed by atoms with Gasteiger partial charge in [-0.1, -0.05) is 12.1 Å². The van der Waals surface area contributed by atoms with Gasteiger partial charge in [0.2, 0.25) is 5.91 Å². The minimum absolute atomic E-state index is 0.151. The number of nitrogens with two attached hydrogens (primary N) is 1. The standard InChI is InChI=1S/C18H25N3O2/c19-16(22)7-10-20-17(23)14-3-5-15(6-4-14)18(8-9-18)13-21-11-1-2-12-21/h3-6H,1-2,7-13H2,(H2,19,22)(H,20,23). The molecule has 23 heavy (non-hydrogen) atoms. The Morgan fingerprint density at radius 1 is 1.13 bits per heavy atom. The van der Waals surface area contributed by atoms with Crippen LogP contribution in [0.25, 0.3) is 0 Å². The summed E-state index contributed by atoms with van der Waals surface area (Å²) in [6.45, 7) is 3.89. The molecule has 2 fully saturated rings. The third-order valence-electron chi connectivity index (χ3n) is 4.99. The third-order valence-corrected chi connectivity index (χ3v) is 4.99. The molecule has 0 aromatic heterocycles. The molecular formula is C18H25N3O2. The van der Waals surface area contributed by atoms with Crippen LogP contribution in [0.5, 0.6) is 0 Å². The molecule has 5 nitrogen and oxygen atoms in total. The van der Waals surface area contributed by atoms with Crippen LogP contribution in [-0.2, 0) is 10.2 Å². The minimum Gasteiger partial charge on any atom is -0.370 e. The first kappa shape index (κ1) is 16.0. The third kappa shape index (κ3) is 3.91. The molecule has 1 aromatic carbocycles. The molecule has 0 bridgehead atoms. The lowest BCUT2D eigenvalue weighted by atomic mass is 9.94. The molecule has 3 N–H and O–H groups in total. The van der Waals surface area contributed by atoms with E-state index in [0.717, 1.165) is 6.54 Å². The Kier molecular flexibility index (Phi) is 4.66. The lowest BCUT2D eigenvalue weighted by Crippen LogP contribution is -2.30. The van der Waals surface area contributed by atoms with E-state index in [-0.39, 0.29) is 18.9 Å². The van der Waals surface area contributed by atoms with Crippen LogP contribution in [0.15, 0.2) is 24.3 Å². The van der Waals surface area contributed by atoms with E-state index < -0.39 is 5.91 Å². The van der Waals surface area contributed by atoms with E-state index in [0.29, 0.717) is 11.0 Å². The highest BCUT2D eigenvalue weighted by Gasteiger charge is 2.45. The number of nitrogens with one attached hydrogen (secondary N) is 1. The van der Waals surface area contributed by atoms with Crippen LogP contribution < -0.4 is 11.1 Å². The average molecular weight is 315 g/mol. The molecule has 0 unspecified atom stereocenters. The van der Waals surface area contributed by atoms with E-state index >= 15 is 0 Å². The van der Waals surface area contributed by atoms with Crippen molar-refractivity contribution in [3.05, 3.63) is 35.4 Å². The van der Waals surface area contributed by atoms with Gasteiger partial charge in [-0.15, -0.1) is 0 Å². The molecule has 2 amide bonds. The molecule has 2 aliphatic rings. The highest BCUT2D eigenvalue weighted by atomic mass is 16.2. The fraction of sp³-hybridized carbons (Fsp3) is 0.556. The first-order valence-corrected chi connectivity index (χ1v) is 8.48. The van der Waals surface area contributed by atoms with E-state index in [1.165, 1.54) is 44.3 Å². The molecule has 1 saturated heterocycles. The van der Waals surface area contributed by atoms with Crippen molar-refractivity contribution in [3.8, 4) is 0 Å². The van der Waals surface area contributed by atoms with E-state index in [4.69, 9.17) is 5.73 Å². The molecule has 3 rings (SSSR count). The van der Waals surface area contributed by atoms with Crippen LogP contribution in [-0.4, -0.2) is 42.9 Å². The zero-order valence-corrected chi connectivity index (χ0v) is 13.5. The fourth-order valence-electron chi connectivity index (χ4n) is 3.43. The van der Waals surface area contributed by atoms with Gasteiger partial charge in [0.1, 0.15) is 0 Å². The Labute approximate surface area is 137 Å². The summed E-state index contributed by atoms with van der Waals surface area (Å²) in [5.74, 6) is -0.555. The summed E-state index contributed by atoms with van der Waals surface area (Å²) in [4.78, 5) is 25.3.